The molecule has 1 unspecified atom stereocenters. The van der Waals surface area contributed by atoms with E-state index in [2.05, 4.69) is 4.98 Å². The van der Waals surface area contributed by atoms with E-state index in [0.29, 0.717) is 12.2 Å². The van der Waals surface area contributed by atoms with Crippen LogP contribution >= 0.6 is 11.6 Å². The summed E-state index contributed by atoms with van der Waals surface area (Å²) < 4.78 is 31.0. The second kappa shape index (κ2) is 5.50. The van der Waals surface area contributed by atoms with E-state index < -0.39 is 9.84 Å². The van der Waals surface area contributed by atoms with E-state index in [4.69, 9.17) is 16.3 Å². The Hall–Kier alpha value is -1.27. The fourth-order valence-corrected chi connectivity index (χ4v) is 4.82. The molecule has 7 heteroatoms. The molecule has 0 amide bonds. The van der Waals surface area contributed by atoms with Gasteiger partial charge in [0.25, 0.3) is 0 Å². The van der Waals surface area contributed by atoms with Crippen LogP contribution in [0.1, 0.15) is 24.7 Å². The van der Waals surface area contributed by atoms with Crippen molar-refractivity contribution in [2.24, 2.45) is 0 Å². The van der Waals surface area contributed by atoms with E-state index in [9.17, 15) is 8.42 Å². The molecular weight excluding hydrogens is 312 g/mol. The predicted octanol–water partition coefficient (Wildman–Crippen LogP) is 2.53. The lowest BCUT2D eigenvalue weighted by molar-refractivity contribution is 0.415. The van der Waals surface area contributed by atoms with Crippen molar-refractivity contribution in [3.05, 3.63) is 24.0 Å². The molecule has 1 aliphatic rings. The molecule has 114 valence electrons. The van der Waals surface area contributed by atoms with Gasteiger partial charge in [0.2, 0.25) is 0 Å². The SMILES string of the molecule is COc1ccc2c(c1)nc(CCl)n2C1CCCS(=O)(=O)C1. The highest BCUT2D eigenvalue weighted by Gasteiger charge is 2.28. The van der Waals surface area contributed by atoms with E-state index in [1.54, 1.807) is 7.11 Å². The molecule has 2 aromatic rings. The van der Waals surface area contributed by atoms with Gasteiger partial charge >= 0.3 is 0 Å². The van der Waals surface area contributed by atoms with Gasteiger partial charge in [0, 0.05) is 12.1 Å². The molecule has 2 heterocycles. The maximum absolute atomic E-state index is 11.9. The van der Waals surface area contributed by atoms with Crippen molar-refractivity contribution in [3.8, 4) is 5.75 Å². The number of benzene rings is 1. The third kappa shape index (κ3) is 2.74. The van der Waals surface area contributed by atoms with Gasteiger partial charge in [-0.2, -0.15) is 0 Å². The first-order valence-corrected chi connectivity index (χ1v) is 9.21. The number of sulfone groups is 1. The first kappa shape index (κ1) is 14.7. The molecule has 1 fully saturated rings. The summed E-state index contributed by atoms with van der Waals surface area (Å²) in [5.74, 6) is 2.13. The van der Waals surface area contributed by atoms with Crippen molar-refractivity contribution in [1.82, 2.24) is 9.55 Å². The molecule has 0 aliphatic carbocycles. The van der Waals surface area contributed by atoms with Gasteiger partial charge in [0.15, 0.2) is 9.84 Å². The summed E-state index contributed by atoms with van der Waals surface area (Å²) in [7, 11) is -1.38. The van der Waals surface area contributed by atoms with Crippen LogP contribution in [-0.4, -0.2) is 36.6 Å². The van der Waals surface area contributed by atoms with Crippen LogP contribution in [0.3, 0.4) is 0 Å². The Bertz CT molecular complexity index is 770. The molecule has 1 aromatic heterocycles. The van der Waals surface area contributed by atoms with Crippen LogP contribution < -0.4 is 4.74 Å². The minimum absolute atomic E-state index is 0.0871. The number of imidazole rings is 1. The van der Waals surface area contributed by atoms with Gasteiger partial charge in [0.05, 0.1) is 35.5 Å². The van der Waals surface area contributed by atoms with Gasteiger partial charge in [-0.25, -0.2) is 13.4 Å². The number of aromatic nitrogens is 2. The molecule has 0 N–H and O–H groups in total. The average molecular weight is 329 g/mol. The largest absolute Gasteiger partial charge is 0.497 e. The highest BCUT2D eigenvalue weighted by molar-refractivity contribution is 7.91. The van der Waals surface area contributed by atoms with Gasteiger partial charge in [-0.1, -0.05) is 0 Å². The third-order valence-electron chi connectivity index (χ3n) is 3.89. The summed E-state index contributed by atoms with van der Waals surface area (Å²) in [5, 5.41) is 0. The third-order valence-corrected chi connectivity index (χ3v) is 5.94. The van der Waals surface area contributed by atoms with Crippen molar-refractivity contribution < 1.29 is 13.2 Å². The first-order chi connectivity index (χ1) is 10.0. The standard InChI is InChI=1S/C14H17ClN2O3S/c1-20-11-4-5-13-12(7-11)16-14(8-15)17(13)10-3-2-6-21(18,19)9-10/h4-5,7,10H,2-3,6,8-9H2,1H3. The molecule has 0 saturated carbocycles. The van der Waals surface area contributed by atoms with Gasteiger partial charge in [0.1, 0.15) is 11.6 Å². The van der Waals surface area contributed by atoms with Crippen LogP contribution in [0.15, 0.2) is 18.2 Å². The number of nitrogens with zero attached hydrogens (tertiary/aromatic N) is 2. The van der Waals surface area contributed by atoms with Crippen LogP contribution in [0, 0.1) is 0 Å². The van der Waals surface area contributed by atoms with Gasteiger partial charge in [-0.15, -0.1) is 11.6 Å². The second-order valence-electron chi connectivity index (χ2n) is 5.30. The van der Waals surface area contributed by atoms with Gasteiger partial charge < -0.3 is 9.30 Å². The number of alkyl halides is 1. The molecule has 3 rings (SSSR count). The molecular formula is C14H17ClN2O3S. The molecule has 5 nitrogen and oxygen atoms in total. The van der Waals surface area contributed by atoms with Crippen molar-refractivity contribution >= 4 is 32.5 Å². The minimum atomic E-state index is -2.98. The number of halogens is 1. The Balaban J connectivity index is 2.12. The maximum atomic E-state index is 11.9. The zero-order chi connectivity index (χ0) is 15.0. The van der Waals surface area contributed by atoms with Crippen molar-refractivity contribution in [1.29, 1.82) is 0 Å². The van der Waals surface area contributed by atoms with Crippen molar-refractivity contribution in [2.45, 2.75) is 24.8 Å². The number of fused-ring (bicyclic) bond motifs is 1. The molecule has 0 bridgehead atoms. The minimum Gasteiger partial charge on any atom is -0.497 e. The summed E-state index contributed by atoms with van der Waals surface area (Å²) >= 11 is 6.00. The van der Waals surface area contributed by atoms with Crippen molar-refractivity contribution in [3.63, 3.8) is 0 Å². The van der Waals surface area contributed by atoms with E-state index in [0.717, 1.165) is 23.2 Å². The highest BCUT2D eigenvalue weighted by atomic mass is 35.5. The van der Waals surface area contributed by atoms with Crippen LogP contribution in [0.5, 0.6) is 5.75 Å². The Morgan fingerprint density at radius 3 is 2.95 bits per heavy atom. The summed E-state index contributed by atoms with van der Waals surface area (Å²) in [6.45, 7) is 0. The lowest BCUT2D eigenvalue weighted by Gasteiger charge is -2.25. The molecule has 1 saturated heterocycles. The molecule has 1 atom stereocenters. The fourth-order valence-electron chi connectivity index (χ4n) is 2.96. The summed E-state index contributed by atoms with van der Waals surface area (Å²) in [5.41, 5.74) is 1.70. The van der Waals surface area contributed by atoms with Crippen LogP contribution in [-0.2, 0) is 15.7 Å². The normalized spacial score (nSPS) is 21.5. The molecule has 0 radical (unpaired) electrons. The van der Waals surface area contributed by atoms with E-state index in [1.165, 1.54) is 0 Å². The summed E-state index contributed by atoms with van der Waals surface area (Å²) in [4.78, 5) is 4.52. The zero-order valence-corrected chi connectivity index (χ0v) is 13.3. The Morgan fingerprint density at radius 1 is 1.48 bits per heavy atom. The average Bonchev–Trinajstić information content (AvgIpc) is 2.83. The lowest BCUT2D eigenvalue weighted by atomic mass is 10.1. The number of hydrogen-bond donors (Lipinski definition) is 0. The second-order valence-corrected chi connectivity index (χ2v) is 7.79. The van der Waals surface area contributed by atoms with Crippen LogP contribution in [0.4, 0.5) is 0 Å². The Kier molecular flexibility index (Phi) is 3.84. The fraction of sp³-hybridized carbons (Fsp3) is 0.500. The molecule has 1 aliphatic heterocycles. The van der Waals surface area contributed by atoms with Gasteiger partial charge in [-0.3, -0.25) is 0 Å². The topological polar surface area (TPSA) is 61.2 Å². The van der Waals surface area contributed by atoms with Crippen LogP contribution in [0.2, 0.25) is 0 Å². The number of methoxy groups -OCH3 is 1. The Morgan fingerprint density at radius 2 is 2.29 bits per heavy atom. The molecule has 21 heavy (non-hydrogen) atoms. The monoisotopic (exact) mass is 328 g/mol. The zero-order valence-electron chi connectivity index (χ0n) is 11.8. The lowest BCUT2D eigenvalue weighted by Crippen LogP contribution is -2.28. The predicted molar refractivity (Wildman–Crippen MR) is 82.8 cm³/mol. The summed E-state index contributed by atoms with van der Waals surface area (Å²) in [6, 6.07) is 5.53. The van der Waals surface area contributed by atoms with E-state index in [1.807, 2.05) is 22.8 Å². The Labute approximate surface area is 128 Å². The maximum Gasteiger partial charge on any atom is 0.152 e. The molecule has 1 aromatic carbocycles. The molecule has 0 spiro atoms. The van der Waals surface area contributed by atoms with E-state index >= 15 is 0 Å². The van der Waals surface area contributed by atoms with Gasteiger partial charge in [-0.05, 0) is 25.0 Å². The van der Waals surface area contributed by atoms with Crippen molar-refractivity contribution in [2.75, 3.05) is 18.6 Å². The quantitative estimate of drug-likeness (QED) is 0.812. The number of ether oxygens (including phenoxy) is 1. The summed E-state index contributed by atoms with van der Waals surface area (Å²) in [6.07, 6.45) is 1.52. The van der Waals surface area contributed by atoms with Crippen LogP contribution in [0.25, 0.3) is 11.0 Å². The smallest absolute Gasteiger partial charge is 0.152 e. The highest BCUT2D eigenvalue weighted by Crippen LogP contribution is 2.31. The number of rotatable bonds is 3. The van der Waals surface area contributed by atoms with E-state index in [-0.39, 0.29) is 23.4 Å². The first-order valence-electron chi connectivity index (χ1n) is 6.85. The number of hydrogen-bond acceptors (Lipinski definition) is 4.